The van der Waals surface area contributed by atoms with Crippen LogP contribution < -0.4 is 15.2 Å². The molecule has 6 heteroatoms. The molecule has 0 atom stereocenters. The van der Waals surface area contributed by atoms with E-state index in [1.807, 2.05) is 6.07 Å². The molecule has 1 aromatic rings. The maximum atomic E-state index is 6.04. The van der Waals surface area contributed by atoms with Crippen LogP contribution in [0.25, 0.3) is 0 Å². The molecular weight excluding hydrogens is 282 g/mol. The monoisotopic (exact) mass is 303 g/mol. The fraction of sp³-hybridized carbons (Fsp3) is 0.571. The van der Waals surface area contributed by atoms with Crippen LogP contribution >= 0.6 is 11.6 Å². The van der Waals surface area contributed by atoms with Crippen LogP contribution in [0.15, 0.2) is 12.1 Å². The van der Waals surface area contributed by atoms with Gasteiger partial charge < -0.3 is 24.7 Å². The number of hydrogen-bond acceptors (Lipinski definition) is 5. The van der Waals surface area contributed by atoms with E-state index >= 15 is 0 Å². The van der Waals surface area contributed by atoms with E-state index in [1.165, 1.54) is 0 Å². The lowest BCUT2D eigenvalue weighted by Gasteiger charge is -2.15. The SMILES string of the molecule is COCCOCCOc1c(CCN)cc(Cl)cc1OC. The van der Waals surface area contributed by atoms with Gasteiger partial charge in [0.2, 0.25) is 0 Å². The van der Waals surface area contributed by atoms with Crippen molar-refractivity contribution in [3.63, 3.8) is 0 Å². The van der Waals surface area contributed by atoms with Crippen molar-refractivity contribution in [2.75, 3.05) is 47.2 Å². The number of ether oxygens (including phenoxy) is 4. The molecule has 0 amide bonds. The van der Waals surface area contributed by atoms with Gasteiger partial charge in [-0.25, -0.2) is 0 Å². The van der Waals surface area contributed by atoms with Gasteiger partial charge >= 0.3 is 0 Å². The van der Waals surface area contributed by atoms with Crippen LogP contribution in [-0.2, 0) is 15.9 Å². The summed E-state index contributed by atoms with van der Waals surface area (Å²) in [6.07, 6.45) is 0.677. The standard InChI is InChI=1S/C14H22ClNO4/c1-17-5-6-19-7-8-20-14-11(3-4-16)9-12(15)10-13(14)18-2/h9-10H,3-8,16H2,1-2H3. The molecule has 20 heavy (non-hydrogen) atoms. The molecule has 0 saturated heterocycles. The second-order valence-corrected chi connectivity index (χ2v) is 4.53. The molecule has 0 saturated carbocycles. The summed E-state index contributed by atoms with van der Waals surface area (Å²) in [7, 11) is 3.22. The predicted octanol–water partition coefficient (Wildman–Crippen LogP) is 1.89. The van der Waals surface area contributed by atoms with Crippen molar-refractivity contribution in [3.8, 4) is 11.5 Å². The highest BCUT2D eigenvalue weighted by Gasteiger charge is 2.12. The first-order valence-corrected chi connectivity index (χ1v) is 6.86. The second kappa shape index (κ2) is 9.83. The topological polar surface area (TPSA) is 62.9 Å². The number of halogens is 1. The minimum Gasteiger partial charge on any atom is -0.493 e. The van der Waals surface area contributed by atoms with E-state index in [0.717, 1.165) is 5.56 Å². The number of hydrogen-bond donors (Lipinski definition) is 1. The third-order valence-electron chi connectivity index (χ3n) is 2.64. The highest BCUT2D eigenvalue weighted by Crippen LogP contribution is 2.34. The fourth-order valence-electron chi connectivity index (χ4n) is 1.73. The predicted molar refractivity (Wildman–Crippen MR) is 79.0 cm³/mol. The summed E-state index contributed by atoms with van der Waals surface area (Å²) < 4.78 is 21.3. The molecule has 0 fully saturated rings. The Bertz CT molecular complexity index is 401. The van der Waals surface area contributed by atoms with Gasteiger partial charge in [0.15, 0.2) is 11.5 Å². The largest absolute Gasteiger partial charge is 0.493 e. The first-order chi connectivity index (χ1) is 9.72. The molecule has 0 heterocycles. The molecule has 0 bridgehead atoms. The van der Waals surface area contributed by atoms with Crippen LogP contribution in [0.5, 0.6) is 11.5 Å². The third-order valence-corrected chi connectivity index (χ3v) is 2.85. The highest BCUT2D eigenvalue weighted by atomic mass is 35.5. The van der Waals surface area contributed by atoms with Crippen molar-refractivity contribution >= 4 is 11.6 Å². The number of benzene rings is 1. The molecule has 2 N–H and O–H groups in total. The van der Waals surface area contributed by atoms with Gasteiger partial charge in [0, 0.05) is 23.8 Å². The summed E-state index contributed by atoms with van der Waals surface area (Å²) in [5.41, 5.74) is 6.54. The molecule has 1 aromatic carbocycles. The lowest BCUT2D eigenvalue weighted by Crippen LogP contribution is -2.12. The van der Waals surface area contributed by atoms with E-state index in [9.17, 15) is 0 Å². The van der Waals surface area contributed by atoms with E-state index in [1.54, 1.807) is 20.3 Å². The first-order valence-electron chi connectivity index (χ1n) is 6.48. The first kappa shape index (κ1) is 17.0. The normalized spacial score (nSPS) is 10.6. The van der Waals surface area contributed by atoms with Gasteiger partial charge in [-0.15, -0.1) is 0 Å². The molecule has 0 aliphatic rings. The van der Waals surface area contributed by atoms with Gasteiger partial charge in [-0.3, -0.25) is 0 Å². The zero-order chi connectivity index (χ0) is 14.8. The molecule has 0 radical (unpaired) electrons. The Balaban J connectivity index is 2.61. The van der Waals surface area contributed by atoms with Gasteiger partial charge in [-0.1, -0.05) is 11.6 Å². The molecule has 0 unspecified atom stereocenters. The minimum absolute atomic E-state index is 0.430. The van der Waals surface area contributed by atoms with E-state index in [-0.39, 0.29) is 0 Å². The Morgan fingerprint density at radius 1 is 1.10 bits per heavy atom. The van der Waals surface area contributed by atoms with Crippen LogP contribution in [0.3, 0.4) is 0 Å². The smallest absolute Gasteiger partial charge is 0.164 e. The zero-order valence-corrected chi connectivity index (χ0v) is 12.7. The van der Waals surface area contributed by atoms with Gasteiger partial charge in [0.25, 0.3) is 0 Å². The molecule has 0 spiro atoms. The summed E-state index contributed by atoms with van der Waals surface area (Å²) in [5, 5.41) is 0.606. The van der Waals surface area contributed by atoms with Gasteiger partial charge in [-0.05, 0) is 19.0 Å². The molecule has 0 aromatic heterocycles. The summed E-state index contributed by atoms with van der Waals surface area (Å²) in [5.74, 6) is 1.29. The van der Waals surface area contributed by atoms with E-state index in [4.69, 9.17) is 36.3 Å². The van der Waals surface area contributed by atoms with Crippen LogP contribution in [0.2, 0.25) is 5.02 Å². The molecule has 1 rings (SSSR count). The zero-order valence-electron chi connectivity index (χ0n) is 12.0. The Morgan fingerprint density at radius 3 is 2.50 bits per heavy atom. The van der Waals surface area contributed by atoms with Crippen molar-refractivity contribution in [3.05, 3.63) is 22.7 Å². The Morgan fingerprint density at radius 2 is 1.85 bits per heavy atom. The summed E-state index contributed by atoms with van der Waals surface area (Å²) in [6, 6.07) is 3.57. The van der Waals surface area contributed by atoms with Crippen LogP contribution in [-0.4, -0.2) is 47.2 Å². The maximum Gasteiger partial charge on any atom is 0.164 e. The van der Waals surface area contributed by atoms with Crippen molar-refractivity contribution in [2.24, 2.45) is 5.73 Å². The Hall–Kier alpha value is -1.01. The van der Waals surface area contributed by atoms with Crippen molar-refractivity contribution < 1.29 is 18.9 Å². The van der Waals surface area contributed by atoms with Crippen molar-refractivity contribution in [1.82, 2.24) is 0 Å². The van der Waals surface area contributed by atoms with Crippen molar-refractivity contribution in [2.45, 2.75) is 6.42 Å². The average molecular weight is 304 g/mol. The molecule has 0 aliphatic carbocycles. The van der Waals surface area contributed by atoms with E-state index in [0.29, 0.717) is 55.9 Å². The quantitative estimate of drug-likeness (QED) is 0.669. The number of methoxy groups -OCH3 is 2. The number of nitrogens with two attached hydrogens (primary N) is 1. The lowest BCUT2D eigenvalue weighted by molar-refractivity contribution is 0.0538. The van der Waals surface area contributed by atoms with Gasteiger partial charge in [-0.2, -0.15) is 0 Å². The average Bonchev–Trinajstić information content (AvgIpc) is 2.44. The van der Waals surface area contributed by atoms with Gasteiger partial charge in [0.05, 0.1) is 26.9 Å². The molecule has 114 valence electrons. The molecular formula is C14H22ClNO4. The highest BCUT2D eigenvalue weighted by molar-refractivity contribution is 6.30. The lowest BCUT2D eigenvalue weighted by atomic mass is 10.1. The van der Waals surface area contributed by atoms with Crippen LogP contribution in [0.1, 0.15) is 5.56 Å². The third kappa shape index (κ3) is 5.54. The Kier molecular flexibility index (Phi) is 8.37. The Labute approximate surface area is 124 Å². The van der Waals surface area contributed by atoms with Crippen LogP contribution in [0, 0.1) is 0 Å². The number of rotatable bonds is 10. The minimum atomic E-state index is 0.430. The molecule has 5 nitrogen and oxygen atoms in total. The van der Waals surface area contributed by atoms with Crippen molar-refractivity contribution in [1.29, 1.82) is 0 Å². The fourth-order valence-corrected chi connectivity index (χ4v) is 1.96. The second-order valence-electron chi connectivity index (χ2n) is 4.09. The van der Waals surface area contributed by atoms with Crippen LogP contribution in [0.4, 0.5) is 0 Å². The summed E-state index contributed by atoms with van der Waals surface area (Å²) in [6.45, 7) is 2.55. The summed E-state index contributed by atoms with van der Waals surface area (Å²) >= 11 is 6.04. The van der Waals surface area contributed by atoms with E-state index in [2.05, 4.69) is 0 Å². The summed E-state index contributed by atoms with van der Waals surface area (Å²) in [4.78, 5) is 0. The molecule has 0 aliphatic heterocycles. The van der Waals surface area contributed by atoms with E-state index < -0.39 is 0 Å². The maximum absolute atomic E-state index is 6.04. The van der Waals surface area contributed by atoms with Gasteiger partial charge in [0.1, 0.15) is 6.61 Å².